The maximum atomic E-state index is 10.9. The molecule has 1 N–H and O–H groups in total. The van der Waals surface area contributed by atoms with Crippen molar-refractivity contribution in [1.29, 1.82) is 0 Å². The van der Waals surface area contributed by atoms with E-state index in [1.807, 2.05) is 0 Å². The molecule has 1 unspecified atom stereocenters. The fraction of sp³-hybridized carbons (Fsp3) is 0.714. The van der Waals surface area contributed by atoms with Gasteiger partial charge in [0, 0.05) is 0 Å². The maximum Gasteiger partial charge on any atom is 0.396 e. The van der Waals surface area contributed by atoms with Crippen LogP contribution >= 0.6 is 0 Å². The van der Waals surface area contributed by atoms with Crippen LogP contribution in [0.15, 0.2) is 0 Å². The minimum atomic E-state index is -0.872. The molecule has 12 heavy (non-hydrogen) atoms. The molecule has 0 spiro atoms. The Morgan fingerprint density at radius 2 is 1.92 bits per heavy atom. The molecule has 0 aliphatic heterocycles. The Labute approximate surface area is 71.7 Å². The quantitative estimate of drug-likeness (QED) is 0.338. The van der Waals surface area contributed by atoms with E-state index in [1.54, 1.807) is 25.9 Å². The number of methoxy groups -OCH3 is 1. The van der Waals surface area contributed by atoms with E-state index < -0.39 is 11.9 Å². The zero-order chi connectivity index (χ0) is 9.72. The zero-order valence-electron chi connectivity index (χ0n) is 7.75. The van der Waals surface area contributed by atoms with Crippen LogP contribution in [0.2, 0.25) is 0 Å². The SMILES string of the molecule is COC(=O)C(=O)NC(C)N(C)C. The first kappa shape index (κ1) is 10.9. The summed E-state index contributed by atoms with van der Waals surface area (Å²) in [5.41, 5.74) is 0. The van der Waals surface area contributed by atoms with Gasteiger partial charge in [0.1, 0.15) is 0 Å². The molecule has 0 fully saturated rings. The monoisotopic (exact) mass is 174 g/mol. The van der Waals surface area contributed by atoms with Gasteiger partial charge in [-0.3, -0.25) is 9.69 Å². The van der Waals surface area contributed by atoms with Crippen LogP contribution in [0.1, 0.15) is 6.92 Å². The number of carbonyl (C=O) groups is 2. The highest BCUT2D eigenvalue weighted by atomic mass is 16.5. The second-order valence-electron chi connectivity index (χ2n) is 2.60. The number of hydrogen-bond acceptors (Lipinski definition) is 4. The summed E-state index contributed by atoms with van der Waals surface area (Å²) in [6.07, 6.45) is -0.184. The summed E-state index contributed by atoms with van der Waals surface area (Å²) in [6.45, 7) is 1.76. The van der Waals surface area contributed by atoms with Gasteiger partial charge in [-0.15, -0.1) is 0 Å². The predicted molar refractivity (Wildman–Crippen MR) is 43.3 cm³/mol. The molecule has 0 radical (unpaired) electrons. The number of hydrogen-bond donors (Lipinski definition) is 1. The fourth-order valence-corrected chi connectivity index (χ4v) is 0.470. The lowest BCUT2D eigenvalue weighted by Crippen LogP contribution is -2.45. The maximum absolute atomic E-state index is 10.9. The van der Waals surface area contributed by atoms with E-state index in [9.17, 15) is 9.59 Å². The number of esters is 1. The molecule has 0 heterocycles. The molecule has 1 atom stereocenters. The molecular formula is C7H14N2O3. The molecule has 5 nitrogen and oxygen atoms in total. The number of ether oxygens (including phenoxy) is 1. The van der Waals surface area contributed by atoms with Crippen molar-refractivity contribution < 1.29 is 14.3 Å². The van der Waals surface area contributed by atoms with Gasteiger partial charge in [-0.1, -0.05) is 0 Å². The molecule has 0 rings (SSSR count). The van der Waals surface area contributed by atoms with Gasteiger partial charge in [0.15, 0.2) is 0 Å². The minimum absolute atomic E-state index is 0.184. The third-order valence-corrected chi connectivity index (χ3v) is 1.49. The highest BCUT2D eigenvalue weighted by Crippen LogP contribution is 1.86. The number of nitrogens with one attached hydrogen (secondary N) is 1. The first-order chi connectivity index (χ1) is 5.49. The van der Waals surface area contributed by atoms with Crippen LogP contribution in [0.4, 0.5) is 0 Å². The highest BCUT2D eigenvalue weighted by molar-refractivity contribution is 6.32. The topological polar surface area (TPSA) is 58.6 Å². The van der Waals surface area contributed by atoms with E-state index >= 15 is 0 Å². The molecule has 0 aromatic rings. The number of nitrogens with zero attached hydrogens (tertiary/aromatic N) is 1. The summed E-state index contributed by atoms with van der Waals surface area (Å²) >= 11 is 0. The summed E-state index contributed by atoms with van der Waals surface area (Å²) in [6, 6.07) is 0. The minimum Gasteiger partial charge on any atom is -0.462 e. The molecule has 5 heteroatoms. The summed E-state index contributed by atoms with van der Waals surface area (Å²) in [5, 5.41) is 2.44. The number of amides is 1. The van der Waals surface area contributed by atoms with Crippen molar-refractivity contribution in [3.63, 3.8) is 0 Å². The van der Waals surface area contributed by atoms with Crippen molar-refractivity contribution in [2.75, 3.05) is 21.2 Å². The molecule has 0 aromatic carbocycles. The largest absolute Gasteiger partial charge is 0.462 e. The van der Waals surface area contributed by atoms with Gasteiger partial charge in [-0.25, -0.2) is 4.79 Å². The first-order valence-corrected chi connectivity index (χ1v) is 3.54. The van der Waals surface area contributed by atoms with E-state index in [2.05, 4.69) is 10.1 Å². The van der Waals surface area contributed by atoms with E-state index in [4.69, 9.17) is 0 Å². The lowest BCUT2D eigenvalue weighted by Gasteiger charge is -2.19. The summed E-state index contributed by atoms with van der Waals surface area (Å²) in [4.78, 5) is 23.3. The van der Waals surface area contributed by atoms with Gasteiger partial charge in [0.25, 0.3) is 0 Å². The first-order valence-electron chi connectivity index (χ1n) is 3.54. The normalized spacial score (nSPS) is 12.4. The molecule has 0 saturated heterocycles. The Balaban J connectivity index is 3.92. The Morgan fingerprint density at radius 3 is 2.25 bits per heavy atom. The van der Waals surface area contributed by atoms with Crippen LogP contribution in [-0.4, -0.2) is 44.1 Å². The number of rotatable bonds is 2. The summed E-state index contributed by atoms with van der Waals surface area (Å²) < 4.78 is 4.22. The van der Waals surface area contributed by atoms with Gasteiger partial charge in [0.2, 0.25) is 0 Å². The Kier molecular flexibility index (Phi) is 4.28. The van der Waals surface area contributed by atoms with Crippen molar-refractivity contribution in [3.05, 3.63) is 0 Å². The predicted octanol–water partition coefficient (Wildman–Crippen LogP) is -0.817. The molecule has 0 aliphatic carbocycles. The number of carbonyl (C=O) groups excluding carboxylic acids is 2. The third kappa shape index (κ3) is 3.34. The second-order valence-corrected chi connectivity index (χ2v) is 2.60. The van der Waals surface area contributed by atoms with E-state index in [-0.39, 0.29) is 6.17 Å². The van der Waals surface area contributed by atoms with Crippen molar-refractivity contribution in [3.8, 4) is 0 Å². The van der Waals surface area contributed by atoms with Gasteiger partial charge >= 0.3 is 11.9 Å². The van der Waals surface area contributed by atoms with Crippen LogP contribution < -0.4 is 5.32 Å². The Bertz CT molecular complexity index is 179. The van der Waals surface area contributed by atoms with Crippen LogP contribution in [-0.2, 0) is 14.3 Å². The lowest BCUT2D eigenvalue weighted by atomic mass is 10.5. The smallest absolute Gasteiger partial charge is 0.396 e. The van der Waals surface area contributed by atoms with Crippen molar-refractivity contribution >= 4 is 11.9 Å². The molecule has 70 valence electrons. The van der Waals surface area contributed by atoms with Gasteiger partial charge in [-0.05, 0) is 21.0 Å². The summed E-state index contributed by atoms with van der Waals surface area (Å²) in [5.74, 6) is -1.59. The summed E-state index contributed by atoms with van der Waals surface area (Å²) in [7, 11) is 4.76. The molecular weight excluding hydrogens is 160 g/mol. The fourth-order valence-electron chi connectivity index (χ4n) is 0.470. The van der Waals surface area contributed by atoms with Crippen LogP contribution in [0, 0.1) is 0 Å². The Morgan fingerprint density at radius 1 is 1.42 bits per heavy atom. The van der Waals surface area contributed by atoms with Crippen molar-refractivity contribution in [1.82, 2.24) is 10.2 Å². The van der Waals surface area contributed by atoms with Gasteiger partial charge in [-0.2, -0.15) is 0 Å². The molecule has 0 bridgehead atoms. The van der Waals surface area contributed by atoms with Crippen LogP contribution in [0.5, 0.6) is 0 Å². The van der Waals surface area contributed by atoms with Crippen LogP contribution in [0.3, 0.4) is 0 Å². The standard InChI is InChI=1S/C7H14N2O3/c1-5(9(2)3)8-6(10)7(11)12-4/h5H,1-4H3,(H,8,10). The molecule has 1 amide bonds. The zero-order valence-corrected chi connectivity index (χ0v) is 7.75. The lowest BCUT2D eigenvalue weighted by molar-refractivity contribution is -0.153. The third-order valence-electron chi connectivity index (χ3n) is 1.49. The molecule has 0 aromatic heterocycles. The molecule has 0 aliphatic rings. The Hall–Kier alpha value is -1.10. The van der Waals surface area contributed by atoms with Crippen LogP contribution in [0.25, 0.3) is 0 Å². The van der Waals surface area contributed by atoms with E-state index in [0.717, 1.165) is 0 Å². The average Bonchev–Trinajstić information content (AvgIpc) is 2.02. The van der Waals surface area contributed by atoms with Crippen molar-refractivity contribution in [2.24, 2.45) is 0 Å². The molecule has 0 saturated carbocycles. The van der Waals surface area contributed by atoms with E-state index in [1.165, 1.54) is 7.11 Å². The van der Waals surface area contributed by atoms with Gasteiger partial charge < -0.3 is 10.1 Å². The van der Waals surface area contributed by atoms with E-state index in [0.29, 0.717) is 0 Å². The van der Waals surface area contributed by atoms with Crippen molar-refractivity contribution in [2.45, 2.75) is 13.1 Å². The second kappa shape index (κ2) is 4.71. The highest BCUT2D eigenvalue weighted by Gasteiger charge is 2.16. The average molecular weight is 174 g/mol. The van der Waals surface area contributed by atoms with Gasteiger partial charge in [0.05, 0.1) is 13.3 Å².